The number of sulfonamides is 1. The van der Waals surface area contributed by atoms with Crippen LogP contribution in [0.4, 0.5) is 0 Å². The Morgan fingerprint density at radius 3 is 2.71 bits per heavy atom. The van der Waals surface area contributed by atoms with E-state index in [0.29, 0.717) is 19.0 Å². The number of aliphatic imine (C=N–C) groups is 1. The molecule has 0 amide bonds. The molecule has 0 atom stereocenters. The van der Waals surface area contributed by atoms with E-state index < -0.39 is 10.0 Å². The van der Waals surface area contributed by atoms with Crippen molar-refractivity contribution in [2.45, 2.75) is 17.9 Å². The first-order valence-electron chi connectivity index (χ1n) is 7.54. The maximum Gasteiger partial charge on any atom is 0.240 e. The highest BCUT2D eigenvalue weighted by Gasteiger charge is 2.11. The number of rotatable bonds is 7. The molecule has 1 aromatic heterocycles. The molecule has 1 aromatic carbocycles. The molecule has 0 aliphatic carbocycles. The summed E-state index contributed by atoms with van der Waals surface area (Å²) in [6.07, 6.45) is 2.40. The summed E-state index contributed by atoms with van der Waals surface area (Å²) in [5, 5.41) is 6.34. The zero-order valence-electron chi connectivity index (χ0n) is 13.7. The number of nitrogens with one attached hydrogen (secondary N) is 3. The highest BCUT2D eigenvalue weighted by atomic mass is 32.2. The van der Waals surface area contributed by atoms with Crippen LogP contribution in [0.5, 0.6) is 0 Å². The van der Waals surface area contributed by atoms with Gasteiger partial charge in [0, 0.05) is 26.6 Å². The lowest BCUT2D eigenvalue weighted by Gasteiger charge is -2.12. The van der Waals surface area contributed by atoms with E-state index >= 15 is 0 Å². The van der Waals surface area contributed by atoms with E-state index in [4.69, 9.17) is 4.42 Å². The van der Waals surface area contributed by atoms with Crippen molar-refractivity contribution < 1.29 is 12.8 Å². The third kappa shape index (κ3) is 5.10. The topological polar surface area (TPSA) is 95.7 Å². The van der Waals surface area contributed by atoms with Crippen molar-refractivity contribution in [1.29, 1.82) is 0 Å². The average molecular weight is 350 g/mol. The first-order chi connectivity index (χ1) is 11.5. The van der Waals surface area contributed by atoms with Crippen molar-refractivity contribution >= 4 is 16.0 Å². The summed E-state index contributed by atoms with van der Waals surface area (Å²) in [5.41, 5.74) is 0.848. The number of guanidine groups is 1. The van der Waals surface area contributed by atoms with Gasteiger partial charge >= 0.3 is 0 Å². The van der Waals surface area contributed by atoms with Gasteiger partial charge in [-0.25, -0.2) is 13.1 Å². The molecule has 7 nitrogen and oxygen atoms in total. The third-order valence-corrected chi connectivity index (χ3v) is 4.82. The maximum atomic E-state index is 11.8. The summed E-state index contributed by atoms with van der Waals surface area (Å²) >= 11 is 0. The summed E-state index contributed by atoms with van der Waals surface area (Å²) in [7, 11) is -0.360. The number of hydrogen-bond acceptors (Lipinski definition) is 4. The maximum absolute atomic E-state index is 11.8. The summed E-state index contributed by atoms with van der Waals surface area (Å²) in [5.74, 6) is 1.55. The fourth-order valence-electron chi connectivity index (χ4n) is 2.11. The lowest BCUT2D eigenvalue weighted by atomic mass is 10.2. The molecule has 0 aliphatic rings. The molecule has 1 heterocycles. The highest BCUT2D eigenvalue weighted by molar-refractivity contribution is 7.89. The predicted molar refractivity (Wildman–Crippen MR) is 93.3 cm³/mol. The Kier molecular flexibility index (Phi) is 6.39. The van der Waals surface area contributed by atoms with Gasteiger partial charge in [0.2, 0.25) is 10.0 Å². The SMILES string of the molecule is CN=C(NCCc1ccco1)NCc1cccc(S(=O)(=O)NC)c1. The Balaban J connectivity index is 1.88. The van der Waals surface area contributed by atoms with Gasteiger partial charge < -0.3 is 15.1 Å². The van der Waals surface area contributed by atoms with Crippen molar-refractivity contribution in [1.82, 2.24) is 15.4 Å². The van der Waals surface area contributed by atoms with Crippen molar-refractivity contribution in [3.8, 4) is 0 Å². The van der Waals surface area contributed by atoms with Gasteiger partial charge in [0.15, 0.2) is 5.96 Å². The van der Waals surface area contributed by atoms with Crippen LogP contribution in [0.1, 0.15) is 11.3 Å². The van der Waals surface area contributed by atoms with E-state index in [9.17, 15) is 8.42 Å². The second kappa shape index (κ2) is 8.51. The molecular formula is C16H22N4O3S. The van der Waals surface area contributed by atoms with Crippen LogP contribution in [-0.2, 0) is 23.0 Å². The largest absolute Gasteiger partial charge is 0.469 e. The van der Waals surface area contributed by atoms with Gasteiger partial charge in [-0.3, -0.25) is 4.99 Å². The summed E-state index contributed by atoms with van der Waals surface area (Å²) < 4.78 is 31.2. The molecule has 0 fully saturated rings. The molecule has 3 N–H and O–H groups in total. The molecule has 0 aliphatic heterocycles. The quantitative estimate of drug-likeness (QED) is 0.513. The Morgan fingerprint density at radius 2 is 2.04 bits per heavy atom. The molecule has 0 bridgehead atoms. The molecule has 8 heteroatoms. The van der Waals surface area contributed by atoms with Crippen LogP contribution in [-0.4, -0.2) is 35.0 Å². The Hall–Kier alpha value is -2.32. The zero-order chi connectivity index (χ0) is 17.4. The molecule has 130 valence electrons. The number of benzene rings is 1. The van der Waals surface area contributed by atoms with Crippen molar-refractivity contribution in [2.75, 3.05) is 20.6 Å². The van der Waals surface area contributed by atoms with Crippen LogP contribution in [0.25, 0.3) is 0 Å². The Morgan fingerprint density at radius 1 is 1.21 bits per heavy atom. The van der Waals surface area contributed by atoms with E-state index in [1.807, 2.05) is 18.2 Å². The van der Waals surface area contributed by atoms with Gasteiger partial charge in [0.05, 0.1) is 11.2 Å². The summed E-state index contributed by atoms with van der Waals surface area (Å²) in [4.78, 5) is 4.38. The first-order valence-corrected chi connectivity index (χ1v) is 9.03. The van der Waals surface area contributed by atoms with E-state index in [1.54, 1.807) is 31.5 Å². The Bertz CT molecular complexity index is 770. The number of hydrogen-bond donors (Lipinski definition) is 3. The second-order valence-corrected chi connectivity index (χ2v) is 6.92. The molecule has 2 aromatic rings. The fourth-order valence-corrected chi connectivity index (χ4v) is 2.91. The number of furan rings is 1. The van der Waals surface area contributed by atoms with E-state index in [-0.39, 0.29) is 4.90 Å². The minimum absolute atomic E-state index is 0.241. The van der Waals surface area contributed by atoms with E-state index in [1.165, 1.54) is 7.05 Å². The van der Waals surface area contributed by atoms with E-state index in [0.717, 1.165) is 17.7 Å². The van der Waals surface area contributed by atoms with Crippen LogP contribution in [0.3, 0.4) is 0 Å². The van der Waals surface area contributed by atoms with Gasteiger partial charge in [-0.2, -0.15) is 0 Å². The van der Waals surface area contributed by atoms with Crippen LogP contribution >= 0.6 is 0 Å². The molecule has 24 heavy (non-hydrogen) atoms. The molecule has 0 unspecified atom stereocenters. The Labute approximate surface area is 142 Å². The number of nitrogens with zero attached hydrogens (tertiary/aromatic N) is 1. The molecular weight excluding hydrogens is 328 g/mol. The van der Waals surface area contributed by atoms with Crippen molar-refractivity contribution in [3.05, 3.63) is 54.0 Å². The summed E-state index contributed by atoms with van der Waals surface area (Å²) in [6, 6.07) is 10.5. The third-order valence-electron chi connectivity index (χ3n) is 3.40. The fraction of sp³-hybridized carbons (Fsp3) is 0.312. The molecule has 2 rings (SSSR count). The van der Waals surface area contributed by atoms with Crippen LogP contribution in [0.2, 0.25) is 0 Å². The van der Waals surface area contributed by atoms with Gasteiger partial charge in [0.25, 0.3) is 0 Å². The standard InChI is InChI=1S/C16H22N4O3S/c1-17-16(19-9-8-14-6-4-10-23-14)20-12-13-5-3-7-15(11-13)24(21,22)18-2/h3-7,10-11,18H,8-9,12H2,1-2H3,(H2,17,19,20). The van der Waals surface area contributed by atoms with Crippen molar-refractivity contribution in [3.63, 3.8) is 0 Å². The second-order valence-electron chi connectivity index (χ2n) is 5.04. The van der Waals surface area contributed by atoms with Crippen LogP contribution in [0.15, 0.2) is 57.0 Å². The minimum atomic E-state index is -3.44. The molecule has 0 radical (unpaired) electrons. The lowest BCUT2D eigenvalue weighted by Crippen LogP contribution is -2.37. The normalized spacial score (nSPS) is 12.2. The average Bonchev–Trinajstić information content (AvgIpc) is 3.11. The molecule has 0 saturated heterocycles. The van der Waals surface area contributed by atoms with Gasteiger partial charge in [-0.05, 0) is 36.9 Å². The van der Waals surface area contributed by atoms with Gasteiger partial charge in [-0.1, -0.05) is 12.1 Å². The monoisotopic (exact) mass is 350 g/mol. The molecule has 0 spiro atoms. The van der Waals surface area contributed by atoms with E-state index in [2.05, 4.69) is 20.3 Å². The van der Waals surface area contributed by atoms with Gasteiger partial charge in [0.1, 0.15) is 5.76 Å². The zero-order valence-corrected chi connectivity index (χ0v) is 14.6. The first kappa shape index (κ1) is 18.0. The van der Waals surface area contributed by atoms with Crippen LogP contribution in [0, 0.1) is 0 Å². The smallest absolute Gasteiger partial charge is 0.240 e. The highest BCUT2D eigenvalue weighted by Crippen LogP contribution is 2.10. The lowest BCUT2D eigenvalue weighted by molar-refractivity contribution is 0.507. The van der Waals surface area contributed by atoms with Gasteiger partial charge in [-0.15, -0.1) is 0 Å². The predicted octanol–water partition coefficient (Wildman–Crippen LogP) is 1.10. The van der Waals surface area contributed by atoms with Crippen LogP contribution < -0.4 is 15.4 Å². The summed E-state index contributed by atoms with van der Waals surface area (Å²) in [6.45, 7) is 1.15. The van der Waals surface area contributed by atoms with Crippen molar-refractivity contribution in [2.24, 2.45) is 4.99 Å². The minimum Gasteiger partial charge on any atom is -0.469 e. The molecule has 0 saturated carbocycles.